The van der Waals surface area contributed by atoms with Gasteiger partial charge in [-0.25, -0.2) is 17.2 Å². The van der Waals surface area contributed by atoms with E-state index in [0.29, 0.717) is 0 Å². The zero-order valence-corrected chi connectivity index (χ0v) is 12.7. The fraction of sp³-hybridized carbons (Fsp3) is 0.417. The number of sulfone groups is 1. The van der Waals surface area contributed by atoms with Crippen LogP contribution in [0, 0.1) is 11.6 Å². The van der Waals surface area contributed by atoms with Gasteiger partial charge in [-0.2, -0.15) is 0 Å². The van der Waals surface area contributed by atoms with Crippen molar-refractivity contribution in [1.82, 2.24) is 0 Å². The highest BCUT2D eigenvalue weighted by Crippen LogP contribution is 2.24. The molecule has 1 aromatic rings. The van der Waals surface area contributed by atoms with Gasteiger partial charge in [-0.05, 0) is 34.5 Å². The van der Waals surface area contributed by atoms with E-state index < -0.39 is 27.3 Å². The fourth-order valence-electron chi connectivity index (χ4n) is 1.47. The second-order valence-electron chi connectivity index (χ2n) is 3.99. The Labute approximate surface area is 119 Å². The SMILES string of the molecule is CCS(=O)(=O)CCCC(=O)c1ccc(F)c(F)c1Br. The summed E-state index contributed by atoms with van der Waals surface area (Å²) in [5, 5.41) is 0. The monoisotopic (exact) mass is 354 g/mol. The van der Waals surface area contributed by atoms with Crippen molar-refractivity contribution in [3.05, 3.63) is 33.8 Å². The molecule has 0 unspecified atom stereocenters. The van der Waals surface area contributed by atoms with Crippen LogP contribution >= 0.6 is 15.9 Å². The third-order valence-corrected chi connectivity index (χ3v) is 5.20. The van der Waals surface area contributed by atoms with Crippen LogP contribution in [0.2, 0.25) is 0 Å². The molecule has 0 radical (unpaired) electrons. The molecular formula is C12H13BrF2O3S. The number of hydrogen-bond acceptors (Lipinski definition) is 3. The van der Waals surface area contributed by atoms with Crippen molar-refractivity contribution in [1.29, 1.82) is 0 Å². The molecule has 0 aliphatic rings. The summed E-state index contributed by atoms with van der Waals surface area (Å²) in [5.41, 5.74) is 0.0211. The molecule has 0 fully saturated rings. The summed E-state index contributed by atoms with van der Waals surface area (Å²) in [6.07, 6.45) is 0.142. The van der Waals surface area contributed by atoms with Crippen LogP contribution in [0.4, 0.5) is 8.78 Å². The summed E-state index contributed by atoms with van der Waals surface area (Å²) in [7, 11) is -3.12. The lowest BCUT2D eigenvalue weighted by Gasteiger charge is -2.05. The summed E-state index contributed by atoms with van der Waals surface area (Å²) < 4.78 is 48.4. The molecule has 3 nitrogen and oxygen atoms in total. The van der Waals surface area contributed by atoms with Crippen molar-refractivity contribution in [2.45, 2.75) is 19.8 Å². The van der Waals surface area contributed by atoms with Crippen LogP contribution in [-0.4, -0.2) is 25.7 Å². The Morgan fingerprint density at radius 3 is 2.53 bits per heavy atom. The summed E-state index contributed by atoms with van der Waals surface area (Å²) in [6, 6.07) is 2.05. The van der Waals surface area contributed by atoms with E-state index >= 15 is 0 Å². The zero-order chi connectivity index (χ0) is 14.6. The first kappa shape index (κ1) is 16.2. The van der Waals surface area contributed by atoms with Gasteiger partial charge in [0.2, 0.25) is 0 Å². The van der Waals surface area contributed by atoms with Gasteiger partial charge >= 0.3 is 0 Å². The lowest BCUT2D eigenvalue weighted by Crippen LogP contribution is -2.11. The molecule has 0 atom stereocenters. The van der Waals surface area contributed by atoms with Crippen LogP contribution in [0.15, 0.2) is 16.6 Å². The van der Waals surface area contributed by atoms with Crippen LogP contribution in [0.5, 0.6) is 0 Å². The largest absolute Gasteiger partial charge is 0.294 e. The van der Waals surface area contributed by atoms with Gasteiger partial charge in [0.05, 0.1) is 10.2 Å². The predicted molar refractivity (Wildman–Crippen MR) is 72.0 cm³/mol. The second-order valence-corrected chi connectivity index (χ2v) is 7.25. The first-order valence-electron chi connectivity index (χ1n) is 5.65. The van der Waals surface area contributed by atoms with E-state index in [1.807, 2.05) is 0 Å². The van der Waals surface area contributed by atoms with E-state index in [9.17, 15) is 22.0 Å². The number of carbonyl (C=O) groups excluding carboxylic acids is 1. The molecule has 0 spiro atoms. The summed E-state index contributed by atoms with van der Waals surface area (Å²) in [5.74, 6) is -2.65. The quantitative estimate of drug-likeness (QED) is 0.582. The first-order valence-corrected chi connectivity index (χ1v) is 8.27. The van der Waals surface area contributed by atoms with Crippen molar-refractivity contribution in [3.8, 4) is 0 Å². The third-order valence-electron chi connectivity index (χ3n) is 2.63. The summed E-state index contributed by atoms with van der Waals surface area (Å²) in [4.78, 5) is 11.8. The maximum atomic E-state index is 13.2. The van der Waals surface area contributed by atoms with Crippen molar-refractivity contribution < 1.29 is 22.0 Å². The molecule has 0 aromatic heterocycles. The Kier molecular flexibility index (Phi) is 5.61. The summed E-state index contributed by atoms with van der Waals surface area (Å²) >= 11 is 2.82. The van der Waals surface area contributed by atoms with Crippen LogP contribution in [0.25, 0.3) is 0 Å². The number of benzene rings is 1. The van der Waals surface area contributed by atoms with Gasteiger partial charge in [-0.3, -0.25) is 4.79 Å². The number of halogens is 3. The number of ketones is 1. The van der Waals surface area contributed by atoms with Crippen LogP contribution in [0.3, 0.4) is 0 Å². The van der Waals surface area contributed by atoms with E-state index in [1.54, 1.807) is 0 Å². The van der Waals surface area contributed by atoms with Crippen LogP contribution < -0.4 is 0 Å². The van der Waals surface area contributed by atoms with Gasteiger partial charge in [0.25, 0.3) is 0 Å². The summed E-state index contributed by atoms with van der Waals surface area (Å²) in [6.45, 7) is 1.53. The maximum Gasteiger partial charge on any atom is 0.173 e. The molecule has 0 saturated carbocycles. The Bertz CT molecular complexity index is 585. The van der Waals surface area contributed by atoms with Crippen LogP contribution in [0.1, 0.15) is 30.1 Å². The molecule has 0 saturated heterocycles. The molecular weight excluding hydrogens is 342 g/mol. The lowest BCUT2D eigenvalue weighted by molar-refractivity contribution is 0.0980. The Balaban J connectivity index is 2.73. The average molecular weight is 355 g/mol. The van der Waals surface area contributed by atoms with Crippen LogP contribution in [-0.2, 0) is 9.84 Å². The molecule has 19 heavy (non-hydrogen) atoms. The van der Waals surface area contributed by atoms with E-state index in [-0.39, 0.29) is 34.4 Å². The van der Waals surface area contributed by atoms with E-state index in [1.165, 1.54) is 13.0 Å². The molecule has 106 valence electrons. The molecule has 0 bridgehead atoms. The molecule has 0 aliphatic carbocycles. The molecule has 1 rings (SSSR count). The Hall–Kier alpha value is -0.820. The average Bonchev–Trinajstić information content (AvgIpc) is 2.35. The minimum atomic E-state index is -3.12. The van der Waals surface area contributed by atoms with E-state index in [2.05, 4.69) is 15.9 Å². The minimum Gasteiger partial charge on any atom is -0.294 e. The number of hydrogen-bond donors (Lipinski definition) is 0. The Morgan fingerprint density at radius 2 is 1.95 bits per heavy atom. The number of carbonyl (C=O) groups is 1. The molecule has 0 aliphatic heterocycles. The van der Waals surface area contributed by atoms with Crippen molar-refractivity contribution in [3.63, 3.8) is 0 Å². The van der Waals surface area contributed by atoms with Crippen molar-refractivity contribution >= 4 is 31.6 Å². The second kappa shape index (κ2) is 6.56. The molecule has 1 aromatic carbocycles. The van der Waals surface area contributed by atoms with E-state index in [4.69, 9.17) is 0 Å². The van der Waals surface area contributed by atoms with Gasteiger partial charge in [-0.15, -0.1) is 0 Å². The fourth-order valence-corrected chi connectivity index (χ4v) is 2.89. The standard InChI is InChI=1S/C12H13BrF2O3S/c1-2-19(17,18)7-3-4-10(16)8-5-6-9(14)12(15)11(8)13/h5-6H,2-4,7H2,1H3. The Morgan fingerprint density at radius 1 is 1.32 bits per heavy atom. The first-order chi connectivity index (χ1) is 8.78. The number of rotatable bonds is 6. The normalized spacial score (nSPS) is 11.6. The predicted octanol–water partition coefficient (Wildman–Crippen LogP) is 3.12. The van der Waals surface area contributed by atoms with Gasteiger partial charge in [0.1, 0.15) is 9.84 Å². The van der Waals surface area contributed by atoms with E-state index in [0.717, 1.165) is 6.07 Å². The van der Waals surface area contributed by atoms with Gasteiger partial charge in [0.15, 0.2) is 17.4 Å². The lowest BCUT2D eigenvalue weighted by atomic mass is 10.1. The van der Waals surface area contributed by atoms with Crippen molar-refractivity contribution in [2.24, 2.45) is 0 Å². The molecule has 0 amide bonds. The topological polar surface area (TPSA) is 51.2 Å². The van der Waals surface area contributed by atoms with Crippen molar-refractivity contribution in [2.75, 3.05) is 11.5 Å². The molecule has 0 N–H and O–H groups in total. The van der Waals surface area contributed by atoms with Gasteiger partial charge in [-0.1, -0.05) is 6.92 Å². The zero-order valence-electron chi connectivity index (χ0n) is 10.3. The highest BCUT2D eigenvalue weighted by molar-refractivity contribution is 9.10. The minimum absolute atomic E-state index is 0.0211. The number of Topliss-reactive ketones (excluding diaryl/α,β-unsaturated/α-hetero) is 1. The smallest absolute Gasteiger partial charge is 0.173 e. The highest BCUT2D eigenvalue weighted by atomic mass is 79.9. The molecule has 7 heteroatoms. The molecule has 0 heterocycles. The third kappa shape index (κ3) is 4.35. The van der Waals surface area contributed by atoms with Gasteiger partial charge in [0, 0.05) is 17.7 Å². The maximum absolute atomic E-state index is 13.2. The highest BCUT2D eigenvalue weighted by Gasteiger charge is 2.17. The van der Waals surface area contributed by atoms with Gasteiger partial charge < -0.3 is 0 Å².